The molecule has 2 fully saturated rings. The van der Waals surface area contributed by atoms with Gasteiger partial charge in [0, 0.05) is 25.7 Å². The fourth-order valence-electron chi connectivity index (χ4n) is 3.06. The van der Waals surface area contributed by atoms with Gasteiger partial charge in [0.05, 0.1) is 25.9 Å². The zero-order valence-electron chi connectivity index (χ0n) is 12.5. The molecule has 0 radical (unpaired) electrons. The lowest BCUT2D eigenvalue weighted by atomic mass is 9.84. The van der Waals surface area contributed by atoms with Gasteiger partial charge in [0.1, 0.15) is 0 Å². The molecule has 0 aromatic carbocycles. The topological polar surface area (TPSA) is 44.7 Å². The molecule has 2 rings (SSSR count). The van der Waals surface area contributed by atoms with Crippen LogP contribution in [0.2, 0.25) is 0 Å². The van der Waals surface area contributed by atoms with Gasteiger partial charge in [0.2, 0.25) is 0 Å². The fourth-order valence-corrected chi connectivity index (χ4v) is 3.06. The first-order valence-corrected chi connectivity index (χ1v) is 7.83. The van der Waals surface area contributed by atoms with Gasteiger partial charge in [-0.3, -0.25) is 4.90 Å². The lowest BCUT2D eigenvalue weighted by Gasteiger charge is -2.41. The molecule has 2 N–H and O–H groups in total. The third kappa shape index (κ3) is 4.71. The summed E-state index contributed by atoms with van der Waals surface area (Å²) in [7, 11) is 0. The molecule has 1 heterocycles. The maximum Gasteiger partial charge on any atom is 0.0644 e. The largest absolute Gasteiger partial charge is 0.395 e. The molecule has 1 aliphatic heterocycles. The Morgan fingerprint density at radius 2 is 2.21 bits per heavy atom. The zero-order chi connectivity index (χ0) is 13.7. The standard InChI is InChI=1S/C15H30N2O2/c1-3-6-15(2,11-16-13-4-5-13)12-17-7-8-19-10-14(17)9-18/h13-14,16,18H,3-12H2,1-2H3. The first kappa shape index (κ1) is 15.2. The van der Waals surface area contributed by atoms with E-state index >= 15 is 0 Å². The van der Waals surface area contributed by atoms with E-state index in [9.17, 15) is 5.11 Å². The van der Waals surface area contributed by atoms with Gasteiger partial charge < -0.3 is 15.2 Å². The minimum absolute atomic E-state index is 0.186. The lowest BCUT2D eigenvalue weighted by Crippen LogP contribution is -2.53. The maximum atomic E-state index is 9.48. The highest BCUT2D eigenvalue weighted by Crippen LogP contribution is 2.28. The Kier molecular flexibility index (Phi) is 5.63. The van der Waals surface area contributed by atoms with E-state index in [1.54, 1.807) is 0 Å². The van der Waals surface area contributed by atoms with Crippen LogP contribution in [-0.2, 0) is 4.74 Å². The van der Waals surface area contributed by atoms with Crippen molar-refractivity contribution in [3.05, 3.63) is 0 Å². The molecular formula is C15H30N2O2. The molecule has 112 valence electrons. The van der Waals surface area contributed by atoms with Gasteiger partial charge in [0.15, 0.2) is 0 Å². The number of morpholine rings is 1. The Hall–Kier alpha value is -0.160. The van der Waals surface area contributed by atoms with Gasteiger partial charge in [-0.25, -0.2) is 0 Å². The van der Waals surface area contributed by atoms with Crippen LogP contribution in [-0.4, -0.2) is 61.5 Å². The van der Waals surface area contributed by atoms with Crippen LogP contribution in [0.1, 0.15) is 39.5 Å². The van der Waals surface area contributed by atoms with Gasteiger partial charge in [-0.1, -0.05) is 20.3 Å². The van der Waals surface area contributed by atoms with Crippen molar-refractivity contribution < 1.29 is 9.84 Å². The van der Waals surface area contributed by atoms with Crippen molar-refractivity contribution in [1.82, 2.24) is 10.2 Å². The van der Waals surface area contributed by atoms with Crippen molar-refractivity contribution in [1.29, 1.82) is 0 Å². The smallest absolute Gasteiger partial charge is 0.0644 e. The summed E-state index contributed by atoms with van der Waals surface area (Å²) < 4.78 is 5.47. The summed E-state index contributed by atoms with van der Waals surface area (Å²) in [6.07, 6.45) is 5.15. The Morgan fingerprint density at radius 1 is 1.42 bits per heavy atom. The molecule has 0 bridgehead atoms. The van der Waals surface area contributed by atoms with E-state index in [0.717, 1.165) is 32.3 Å². The summed E-state index contributed by atoms with van der Waals surface area (Å²) in [5.41, 5.74) is 0.308. The number of aliphatic hydroxyl groups excluding tert-OH is 1. The molecule has 1 saturated heterocycles. The van der Waals surface area contributed by atoms with Crippen molar-refractivity contribution in [2.24, 2.45) is 5.41 Å². The van der Waals surface area contributed by atoms with Gasteiger partial charge in [-0.05, 0) is 24.7 Å². The predicted octanol–water partition coefficient (Wildman–Crippen LogP) is 1.24. The fraction of sp³-hybridized carbons (Fsp3) is 1.00. The Labute approximate surface area is 117 Å². The quantitative estimate of drug-likeness (QED) is 0.696. The third-order valence-electron chi connectivity index (χ3n) is 4.39. The minimum Gasteiger partial charge on any atom is -0.395 e. The molecule has 4 heteroatoms. The molecule has 2 atom stereocenters. The summed E-state index contributed by atoms with van der Waals surface area (Å²) in [4.78, 5) is 2.42. The maximum absolute atomic E-state index is 9.48. The van der Waals surface area contributed by atoms with E-state index in [1.165, 1.54) is 25.7 Å². The lowest BCUT2D eigenvalue weighted by molar-refractivity contribution is -0.0436. The number of rotatable bonds is 8. The first-order chi connectivity index (χ1) is 9.17. The average Bonchev–Trinajstić information content (AvgIpc) is 3.21. The second-order valence-electron chi connectivity index (χ2n) is 6.60. The Bertz CT molecular complexity index is 271. The average molecular weight is 270 g/mol. The van der Waals surface area contributed by atoms with Crippen LogP contribution in [0.15, 0.2) is 0 Å². The number of ether oxygens (including phenoxy) is 1. The Balaban J connectivity index is 1.88. The van der Waals surface area contributed by atoms with Crippen molar-refractivity contribution in [3.8, 4) is 0 Å². The van der Waals surface area contributed by atoms with Crippen molar-refractivity contribution in [3.63, 3.8) is 0 Å². The van der Waals surface area contributed by atoms with Gasteiger partial charge in [-0.15, -0.1) is 0 Å². The van der Waals surface area contributed by atoms with Crippen LogP contribution < -0.4 is 5.32 Å². The molecule has 0 aromatic heterocycles. The highest BCUT2D eigenvalue weighted by Gasteiger charge is 2.33. The molecule has 0 spiro atoms. The molecule has 0 aromatic rings. The molecule has 4 nitrogen and oxygen atoms in total. The predicted molar refractivity (Wildman–Crippen MR) is 77.3 cm³/mol. The van der Waals surface area contributed by atoms with Crippen LogP contribution in [0, 0.1) is 5.41 Å². The molecule has 1 saturated carbocycles. The normalized spacial score (nSPS) is 28.3. The number of hydrogen-bond acceptors (Lipinski definition) is 4. The van der Waals surface area contributed by atoms with E-state index in [4.69, 9.17) is 4.74 Å². The van der Waals surface area contributed by atoms with E-state index in [-0.39, 0.29) is 12.6 Å². The highest BCUT2D eigenvalue weighted by molar-refractivity contribution is 4.89. The van der Waals surface area contributed by atoms with Crippen molar-refractivity contribution in [2.75, 3.05) is 39.5 Å². The molecule has 19 heavy (non-hydrogen) atoms. The second kappa shape index (κ2) is 7.02. The van der Waals surface area contributed by atoms with E-state index in [0.29, 0.717) is 12.0 Å². The number of nitrogens with one attached hydrogen (secondary N) is 1. The summed E-state index contributed by atoms with van der Waals surface area (Å²) in [5, 5.41) is 13.2. The van der Waals surface area contributed by atoms with Crippen LogP contribution in [0.5, 0.6) is 0 Å². The Morgan fingerprint density at radius 3 is 2.84 bits per heavy atom. The van der Waals surface area contributed by atoms with E-state index < -0.39 is 0 Å². The minimum atomic E-state index is 0.186. The summed E-state index contributed by atoms with van der Waals surface area (Å²) >= 11 is 0. The summed E-state index contributed by atoms with van der Waals surface area (Å²) in [6.45, 7) is 9.44. The monoisotopic (exact) mass is 270 g/mol. The van der Waals surface area contributed by atoms with Crippen LogP contribution in [0.3, 0.4) is 0 Å². The summed E-state index contributed by atoms with van der Waals surface area (Å²) in [6, 6.07) is 0.959. The van der Waals surface area contributed by atoms with Crippen LogP contribution in [0.4, 0.5) is 0 Å². The van der Waals surface area contributed by atoms with E-state index in [2.05, 4.69) is 24.1 Å². The third-order valence-corrected chi connectivity index (χ3v) is 4.39. The summed E-state index contributed by atoms with van der Waals surface area (Å²) in [5.74, 6) is 0. The number of hydrogen-bond donors (Lipinski definition) is 2. The van der Waals surface area contributed by atoms with E-state index in [1.807, 2.05) is 0 Å². The van der Waals surface area contributed by atoms with Gasteiger partial charge in [-0.2, -0.15) is 0 Å². The SMILES string of the molecule is CCCC(C)(CNC1CC1)CN1CCOCC1CO. The van der Waals surface area contributed by atoms with Gasteiger partial charge >= 0.3 is 0 Å². The molecule has 1 aliphatic carbocycles. The number of nitrogens with zero attached hydrogens (tertiary/aromatic N) is 1. The first-order valence-electron chi connectivity index (χ1n) is 7.83. The van der Waals surface area contributed by atoms with Crippen molar-refractivity contribution in [2.45, 2.75) is 51.6 Å². The number of aliphatic hydroxyl groups is 1. The molecular weight excluding hydrogens is 240 g/mol. The second-order valence-corrected chi connectivity index (χ2v) is 6.60. The zero-order valence-corrected chi connectivity index (χ0v) is 12.5. The molecule has 0 amide bonds. The van der Waals surface area contributed by atoms with Gasteiger partial charge in [0.25, 0.3) is 0 Å². The highest BCUT2D eigenvalue weighted by atomic mass is 16.5. The van der Waals surface area contributed by atoms with Crippen LogP contribution in [0.25, 0.3) is 0 Å². The molecule has 2 aliphatic rings. The van der Waals surface area contributed by atoms with Crippen molar-refractivity contribution >= 4 is 0 Å². The molecule has 2 unspecified atom stereocenters. The van der Waals surface area contributed by atoms with Crippen LogP contribution >= 0.6 is 0 Å².